The van der Waals surface area contributed by atoms with Crippen LogP contribution < -0.4 is 5.32 Å². The minimum atomic E-state index is 0.0591. The van der Waals surface area contributed by atoms with Crippen LogP contribution in [-0.4, -0.2) is 12.5 Å². The van der Waals surface area contributed by atoms with Gasteiger partial charge in [0.15, 0.2) is 0 Å². The number of hydrogen-bond acceptors (Lipinski definition) is 1. The molecule has 1 amide bonds. The summed E-state index contributed by atoms with van der Waals surface area (Å²) in [6.45, 7) is 7.51. The first-order chi connectivity index (χ1) is 13.0. The fourth-order valence-corrected chi connectivity index (χ4v) is 3.69. The molecule has 0 fully saturated rings. The second-order valence-electron chi connectivity index (χ2n) is 8.20. The third kappa shape index (κ3) is 4.88. The minimum Gasteiger partial charge on any atom is -0.356 e. The SMILES string of the molecule is CCCCNC(=O)CCCC(C)(C)c1ccc2cc3ccccc3cc2c1. The highest BCUT2D eigenvalue weighted by molar-refractivity contribution is 5.98. The van der Waals surface area contributed by atoms with Gasteiger partial charge < -0.3 is 5.32 Å². The molecule has 0 spiro atoms. The highest BCUT2D eigenvalue weighted by atomic mass is 16.1. The maximum absolute atomic E-state index is 11.9. The van der Waals surface area contributed by atoms with Gasteiger partial charge in [0.1, 0.15) is 0 Å². The number of benzene rings is 3. The van der Waals surface area contributed by atoms with Crippen LogP contribution in [-0.2, 0) is 10.2 Å². The van der Waals surface area contributed by atoms with Crippen LogP contribution >= 0.6 is 0 Å². The molecule has 0 aliphatic rings. The molecule has 0 unspecified atom stereocenters. The van der Waals surface area contributed by atoms with Crippen LogP contribution in [0.2, 0.25) is 0 Å². The van der Waals surface area contributed by atoms with Crippen molar-refractivity contribution in [2.75, 3.05) is 6.54 Å². The number of amides is 1. The number of fused-ring (bicyclic) bond motifs is 2. The van der Waals surface area contributed by atoms with Gasteiger partial charge in [0.05, 0.1) is 0 Å². The summed E-state index contributed by atoms with van der Waals surface area (Å²) in [5.41, 5.74) is 1.40. The number of hydrogen-bond donors (Lipinski definition) is 1. The summed E-state index contributed by atoms with van der Waals surface area (Å²) >= 11 is 0. The van der Waals surface area contributed by atoms with E-state index in [-0.39, 0.29) is 11.3 Å². The van der Waals surface area contributed by atoms with Crippen molar-refractivity contribution >= 4 is 27.5 Å². The van der Waals surface area contributed by atoms with Crippen LogP contribution in [0.4, 0.5) is 0 Å². The molecule has 0 aliphatic heterocycles. The zero-order valence-electron chi connectivity index (χ0n) is 16.8. The van der Waals surface area contributed by atoms with Gasteiger partial charge in [-0.1, -0.05) is 69.7 Å². The molecule has 0 saturated carbocycles. The van der Waals surface area contributed by atoms with Crippen molar-refractivity contribution in [3.8, 4) is 0 Å². The number of carbonyl (C=O) groups excluding carboxylic acids is 1. The lowest BCUT2D eigenvalue weighted by Gasteiger charge is -2.26. The van der Waals surface area contributed by atoms with Crippen LogP contribution in [0.3, 0.4) is 0 Å². The van der Waals surface area contributed by atoms with E-state index in [9.17, 15) is 4.79 Å². The Labute approximate surface area is 163 Å². The first-order valence-corrected chi connectivity index (χ1v) is 10.2. The molecule has 0 saturated heterocycles. The standard InChI is InChI=1S/C25H31NO/c1-4-5-15-26-24(27)11-8-14-25(2,3)23-13-12-21-16-19-9-6-7-10-20(19)17-22(21)18-23/h6-7,9-10,12-13,16-18H,4-5,8,11,14-15H2,1-3H3,(H,26,27). The molecule has 0 aromatic heterocycles. The summed E-state index contributed by atoms with van der Waals surface area (Å²) in [4.78, 5) is 11.9. The molecular formula is C25H31NO. The van der Waals surface area contributed by atoms with Gasteiger partial charge in [-0.15, -0.1) is 0 Å². The van der Waals surface area contributed by atoms with E-state index in [2.05, 4.69) is 80.7 Å². The fraction of sp³-hybridized carbons (Fsp3) is 0.400. The maximum atomic E-state index is 11.9. The molecule has 3 aromatic rings. The molecule has 0 heterocycles. The number of nitrogens with one attached hydrogen (secondary N) is 1. The Morgan fingerprint density at radius 1 is 0.889 bits per heavy atom. The largest absolute Gasteiger partial charge is 0.356 e. The molecule has 0 atom stereocenters. The van der Waals surface area contributed by atoms with Gasteiger partial charge in [-0.2, -0.15) is 0 Å². The normalized spacial score (nSPS) is 11.8. The predicted octanol–water partition coefficient (Wildman–Crippen LogP) is 6.36. The Morgan fingerprint density at radius 3 is 2.26 bits per heavy atom. The predicted molar refractivity (Wildman–Crippen MR) is 116 cm³/mol. The van der Waals surface area contributed by atoms with Crippen molar-refractivity contribution in [3.05, 3.63) is 60.2 Å². The molecule has 3 aromatic carbocycles. The molecule has 3 rings (SSSR count). The maximum Gasteiger partial charge on any atom is 0.219 e. The van der Waals surface area contributed by atoms with Crippen molar-refractivity contribution in [2.45, 2.75) is 58.3 Å². The second-order valence-corrected chi connectivity index (χ2v) is 8.20. The van der Waals surface area contributed by atoms with Crippen LogP contribution in [0.15, 0.2) is 54.6 Å². The monoisotopic (exact) mass is 361 g/mol. The quantitative estimate of drug-likeness (QED) is 0.367. The Hall–Kier alpha value is -2.35. The average molecular weight is 362 g/mol. The molecule has 2 heteroatoms. The van der Waals surface area contributed by atoms with E-state index >= 15 is 0 Å². The zero-order chi connectivity index (χ0) is 19.3. The van der Waals surface area contributed by atoms with Crippen molar-refractivity contribution in [2.24, 2.45) is 0 Å². The molecule has 142 valence electrons. The first-order valence-electron chi connectivity index (χ1n) is 10.2. The molecule has 1 N–H and O–H groups in total. The van der Waals surface area contributed by atoms with E-state index in [1.165, 1.54) is 27.1 Å². The summed E-state index contributed by atoms with van der Waals surface area (Å²) in [6.07, 6.45) is 4.72. The lowest BCUT2D eigenvalue weighted by Crippen LogP contribution is -2.25. The van der Waals surface area contributed by atoms with E-state index in [0.717, 1.165) is 32.2 Å². The van der Waals surface area contributed by atoms with Crippen LogP contribution in [0.25, 0.3) is 21.5 Å². The Kier molecular flexibility index (Phi) is 6.15. The van der Waals surface area contributed by atoms with Crippen molar-refractivity contribution in [1.82, 2.24) is 5.32 Å². The Balaban J connectivity index is 1.69. The summed E-state index contributed by atoms with van der Waals surface area (Å²) < 4.78 is 0. The summed E-state index contributed by atoms with van der Waals surface area (Å²) in [5.74, 6) is 0.184. The summed E-state index contributed by atoms with van der Waals surface area (Å²) in [6, 6.07) is 19.9. The van der Waals surface area contributed by atoms with Gasteiger partial charge in [0.25, 0.3) is 0 Å². The van der Waals surface area contributed by atoms with E-state index < -0.39 is 0 Å². The third-order valence-electron chi connectivity index (χ3n) is 5.54. The molecule has 27 heavy (non-hydrogen) atoms. The number of rotatable bonds is 8. The van der Waals surface area contributed by atoms with Gasteiger partial charge in [-0.05, 0) is 63.9 Å². The Bertz CT molecular complexity index is 926. The van der Waals surface area contributed by atoms with E-state index in [1.54, 1.807) is 0 Å². The molecular weight excluding hydrogens is 330 g/mol. The van der Waals surface area contributed by atoms with Gasteiger partial charge in [0.2, 0.25) is 5.91 Å². The van der Waals surface area contributed by atoms with Gasteiger partial charge in [-0.3, -0.25) is 4.79 Å². The fourth-order valence-electron chi connectivity index (χ4n) is 3.69. The molecule has 0 bridgehead atoms. The zero-order valence-corrected chi connectivity index (χ0v) is 16.8. The molecule has 2 nitrogen and oxygen atoms in total. The van der Waals surface area contributed by atoms with Crippen molar-refractivity contribution in [3.63, 3.8) is 0 Å². The lowest BCUT2D eigenvalue weighted by atomic mass is 9.79. The smallest absolute Gasteiger partial charge is 0.219 e. The highest BCUT2D eigenvalue weighted by Gasteiger charge is 2.21. The van der Waals surface area contributed by atoms with Crippen LogP contribution in [0.1, 0.15) is 58.4 Å². The lowest BCUT2D eigenvalue weighted by molar-refractivity contribution is -0.121. The minimum absolute atomic E-state index is 0.0591. The van der Waals surface area contributed by atoms with Crippen molar-refractivity contribution < 1.29 is 4.79 Å². The second kappa shape index (κ2) is 8.56. The van der Waals surface area contributed by atoms with Gasteiger partial charge in [-0.25, -0.2) is 0 Å². The third-order valence-corrected chi connectivity index (χ3v) is 5.54. The van der Waals surface area contributed by atoms with Crippen LogP contribution in [0, 0.1) is 0 Å². The number of carbonyl (C=O) groups is 1. The summed E-state index contributed by atoms with van der Waals surface area (Å²) in [7, 11) is 0. The van der Waals surface area contributed by atoms with E-state index in [0.29, 0.717) is 6.42 Å². The topological polar surface area (TPSA) is 29.1 Å². The highest BCUT2D eigenvalue weighted by Crippen LogP contribution is 2.32. The molecule has 0 radical (unpaired) electrons. The first kappa shape index (κ1) is 19.4. The number of unbranched alkanes of at least 4 members (excludes halogenated alkanes) is 1. The van der Waals surface area contributed by atoms with Crippen molar-refractivity contribution in [1.29, 1.82) is 0 Å². The Morgan fingerprint density at radius 2 is 1.56 bits per heavy atom. The van der Waals surface area contributed by atoms with E-state index in [1.807, 2.05) is 0 Å². The summed E-state index contributed by atoms with van der Waals surface area (Å²) in [5, 5.41) is 8.15. The molecule has 0 aliphatic carbocycles. The van der Waals surface area contributed by atoms with Gasteiger partial charge >= 0.3 is 0 Å². The van der Waals surface area contributed by atoms with Crippen LogP contribution in [0.5, 0.6) is 0 Å². The average Bonchev–Trinajstić information content (AvgIpc) is 2.66. The van der Waals surface area contributed by atoms with Gasteiger partial charge in [0, 0.05) is 13.0 Å². The van der Waals surface area contributed by atoms with E-state index in [4.69, 9.17) is 0 Å².